The van der Waals surface area contributed by atoms with Gasteiger partial charge in [-0.3, -0.25) is 0 Å². The SMILES string of the molecule is Fc1ccc(C2=C[C@@H]3C[C@H]2C=C3c2ccc(F)cc2)cc1. The highest BCUT2D eigenvalue weighted by Crippen LogP contribution is 2.50. The number of allylic oxidation sites excluding steroid dienone is 4. The summed E-state index contributed by atoms with van der Waals surface area (Å²) in [6, 6.07) is 13.4. The van der Waals surface area contributed by atoms with Crippen LogP contribution in [0, 0.1) is 23.5 Å². The van der Waals surface area contributed by atoms with Crippen LogP contribution < -0.4 is 0 Å². The molecule has 2 heteroatoms. The second-order valence-corrected chi connectivity index (χ2v) is 5.71. The lowest BCUT2D eigenvalue weighted by Crippen LogP contribution is -1.96. The molecule has 2 aliphatic rings. The highest BCUT2D eigenvalue weighted by molar-refractivity contribution is 5.84. The van der Waals surface area contributed by atoms with Crippen LogP contribution in [0.2, 0.25) is 0 Å². The summed E-state index contributed by atoms with van der Waals surface area (Å²) in [4.78, 5) is 0. The normalized spacial score (nSPS) is 23.1. The molecule has 2 bridgehead atoms. The Kier molecular flexibility index (Phi) is 2.78. The monoisotopic (exact) mass is 280 g/mol. The van der Waals surface area contributed by atoms with Crippen molar-refractivity contribution in [2.45, 2.75) is 6.42 Å². The summed E-state index contributed by atoms with van der Waals surface area (Å²) in [5, 5.41) is 0. The van der Waals surface area contributed by atoms with Gasteiger partial charge in [-0.05, 0) is 53.0 Å². The van der Waals surface area contributed by atoms with Crippen LogP contribution in [0.5, 0.6) is 0 Å². The predicted octanol–water partition coefficient (Wildman–Crippen LogP) is 5.08. The zero-order valence-electron chi connectivity index (χ0n) is 11.4. The first-order chi connectivity index (χ1) is 10.2. The Morgan fingerprint density at radius 3 is 1.33 bits per heavy atom. The summed E-state index contributed by atoms with van der Waals surface area (Å²) in [6.45, 7) is 0. The van der Waals surface area contributed by atoms with Crippen LogP contribution in [0.15, 0.2) is 60.7 Å². The van der Waals surface area contributed by atoms with E-state index in [1.54, 1.807) is 0 Å². The van der Waals surface area contributed by atoms with E-state index in [1.807, 2.05) is 24.3 Å². The molecule has 0 radical (unpaired) electrons. The highest BCUT2D eigenvalue weighted by atomic mass is 19.1. The van der Waals surface area contributed by atoms with Crippen LogP contribution in [-0.2, 0) is 0 Å². The number of hydrogen-bond donors (Lipinski definition) is 0. The smallest absolute Gasteiger partial charge is 0.123 e. The van der Waals surface area contributed by atoms with Gasteiger partial charge in [0.2, 0.25) is 0 Å². The third kappa shape index (κ3) is 2.11. The quantitative estimate of drug-likeness (QED) is 0.719. The van der Waals surface area contributed by atoms with Gasteiger partial charge in [0.1, 0.15) is 11.6 Å². The Bertz CT molecular complexity index is 671. The molecule has 0 spiro atoms. The van der Waals surface area contributed by atoms with E-state index in [-0.39, 0.29) is 11.6 Å². The molecular formula is C19H14F2. The molecule has 0 nitrogen and oxygen atoms in total. The zero-order valence-corrected chi connectivity index (χ0v) is 11.4. The van der Waals surface area contributed by atoms with E-state index < -0.39 is 0 Å². The lowest BCUT2D eigenvalue weighted by atomic mass is 9.91. The summed E-state index contributed by atoms with van der Waals surface area (Å²) in [7, 11) is 0. The number of hydrogen-bond acceptors (Lipinski definition) is 0. The van der Waals surface area contributed by atoms with Gasteiger partial charge in [-0.1, -0.05) is 36.4 Å². The highest BCUT2D eigenvalue weighted by Gasteiger charge is 2.34. The largest absolute Gasteiger partial charge is 0.207 e. The van der Waals surface area contributed by atoms with Gasteiger partial charge in [0.25, 0.3) is 0 Å². The van der Waals surface area contributed by atoms with Gasteiger partial charge in [-0.25, -0.2) is 8.78 Å². The summed E-state index contributed by atoms with van der Waals surface area (Å²) in [5.74, 6) is 0.371. The molecule has 0 amide bonds. The van der Waals surface area contributed by atoms with Crippen LogP contribution >= 0.6 is 0 Å². The molecule has 0 saturated heterocycles. The van der Waals surface area contributed by atoms with Crippen LogP contribution in [0.4, 0.5) is 8.78 Å². The Balaban J connectivity index is 1.63. The van der Waals surface area contributed by atoms with Gasteiger partial charge in [0.05, 0.1) is 0 Å². The molecule has 2 aliphatic carbocycles. The van der Waals surface area contributed by atoms with Crippen LogP contribution in [0.25, 0.3) is 11.1 Å². The maximum absolute atomic E-state index is 13.0. The van der Waals surface area contributed by atoms with Gasteiger partial charge in [0.15, 0.2) is 0 Å². The van der Waals surface area contributed by atoms with Crippen molar-refractivity contribution >= 4 is 11.1 Å². The van der Waals surface area contributed by atoms with Crippen molar-refractivity contribution in [1.82, 2.24) is 0 Å². The Labute approximate surface area is 122 Å². The fraction of sp³-hybridized carbons (Fsp3) is 0.158. The first kappa shape index (κ1) is 12.5. The van der Waals surface area contributed by atoms with Crippen molar-refractivity contribution in [3.63, 3.8) is 0 Å². The molecule has 2 aromatic rings. The molecule has 21 heavy (non-hydrogen) atoms. The standard InChI is InChI=1S/C19H14F2/c20-16-5-1-12(2-6-16)18-10-15-9-14(18)11-19(15)13-3-7-17(21)8-4-13/h1-8,10-11,14-15H,9H2/t14-,15-/m0/s1. The second kappa shape index (κ2) is 4.66. The summed E-state index contributed by atoms with van der Waals surface area (Å²) in [6.07, 6.45) is 5.62. The molecule has 0 unspecified atom stereocenters. The van der Waals surface area contributed by atoms with Crippen molar-refractivity contribution in [3.8, 4) is 0 Å². The van der Waals surface area contributed by atoms with Gasteiger partial charge in [-0.15, -0.1) is 0 Å². The Hall–Kier alpha value is -2.22. The summed E-state index contributed by atoms with van der Waals surface area (Å²) >= 11 is 0. The predicted molar refractivity (Wildman–Crippen MR) is 80.4 cm³/mol. The maximum atomic E-state index is 13.0. The number of rotatable bonds is 2. The molecule has 2 aromatic carbocycles. The van der Waals surface area contributed by atoms with Crippen molar-refractivity contribution in [2.24, 2.45) is 11.8 Å². The molecule has 0 N–H and O–H groups in total. The molecule has 0 aliphatic heterocycles. The second-order valence-electron chi connectivity index (χ2n) is 5.71. The number of halogens is 2. The molecule has 0 fully saturated rings. The van der Waals surface area contributed by atoms with E-state index in [9.17, 15) is 8.78 Å². The van der Waals surface area contributed by atoms with E-state index in [0.717, 1.165) is 17.5 Å². The maximum Gasteiger partial charge on any atom is 0.123 e. The molecular weight excluding hydrogens is 266 g/mol. The summed E-state index contributed by atoms with van der Waals surface area (Å²) < 4.78 is 26.0. The third-order valence-electron chi connectivity index (χ3n) is 4.42. The average molecular weight is 280 g/mol. The summed E-state index contributed by atoms with van der Waals surface area (Å²) in [5.41, 5.74) is 4.76. The van der Waals surface area contributed by atoms with Gasteiger partial charge < -0.3 is 0 Å². The molecule has 104 valence electrons. The topological polar surface area (TPSA) is 0 Å². The minimum atomic E-state index is -0.204. The molecule has 0 aromatic heterocycles. The van der Waals surface area contributed by atoms with E-state index in [2.05, 4.69) is 12.2 Å². The molecule has 0 saturated carbocycles. The zero-order chi connectivity index (χ0) is 14.4. The first-order valence-electron chi connectivity index (χ1n) is 7.16. The van der Waals surface area contributed by atoms with Crippen molar-refractivity contribution in [2.75, 3.05) is 0 Å². The average Bonchev–Trinajstić information content (AvgIpc) is 3.09. The molecule has 2 atom stereocenters. The van der Waals surface area contributed by atoms with E-state index >= 15 is 0 Å². The van der Waals surface area contributed by atoms with Gasteiger partial charge >= 0.3 is 0 Å². The van der Waals surface area contributed by atoms with E-state index in [4.69, 9.17) is 0 Å². The van der Waals surface area contributed by atoms with Crippen LogP contribution in [0.3, 0.4) is 0 Å². The van der Waals surface area contributed by atoms with E-state index in [0.29, 0.717) is 11.8 Å². The number of benzene rings is 2. The fourth-order valence-corrected chi connectivity index (χ4v) is 3.43. The minimum absolute atomic E-state index is 0.204. The van der Waals surface area contributed by atoms with Gasteiger partial charge in [0, 0.05) is 11.8 Å². The Morgan fingerprint density at radius 2 is 1.00 bits per heavy atom. The first-order valence-corrected chi connectivity index (χ1v) is 7.16. The van der Waals surface area contributed by atoms with Crippen molar-refractivity contribution < 1.29 is 8.78 Å². The lowest BCUT2D eigenvalue weighted by molar-refractivity contribution is 0.627. The van der Waals surface area contributed by atoms with E-state index in [1.165, 1.54) is 35.4 Å². The Morgan fingerprint density at radius 1 is 0.619 bits per heavy atom. The van der Waals surface area contributed by atoms with Gasteiger partial charge in [-0.2, -0.15) is 0 Å². The van der Waals surface area contributed by atoms with Crippen LogP contribution in [0.1, 0.15) is 17.5 Å². The fourth-order valence-electron chi connectivity index (χ4n) is 3.43. The molecule has 4 rings (SSSR count). The number of fused-ring (bicyclic) bond motifs is 2. The minimum Gasteiger partial charge on any atom is -0.207 e. The van der Waals surface area contributed by atoms with Crippen LogP contribution in [-0.4, -0.2) is 0 Å². The lowest BCUT2D eigenvalue weighted by Gasteiger charge is -2.14. The third-order valence-corrected chi connectivity index (χ3v) is 4.42. The van der Waals surface area contributed by atoms with Crippen molar-refractivity contribution in [1.29, 1.82) is 0 Å². The molecule has 0 heterocycles. The van der Waals surface area contributed by atoms with Crippen molar-refractivity contribution in [3.05, 3.63) is 83.4 Å².